The van der Waals surface area contributed by atoms with Crippen molar-refractivity contribution >= 4 is 5.82 Å². The van der Waals surface area contributed by atoms with E-state index in [9.17, 15) is 0 Å². The summed E-state index contributed by atoms with van der Waals surface area (Å²) in [5.74, 6) is 1.21. The highest BCUT2D eigenvalue weighted by Crippen LogP contribution is 2.29. The van der Waals surface area contributed by atoms with Crippen molar-refractivity contribution in [1.82, 2.24) is 10.1 Å². The molecule has 20 heavy (non-hydrogen) atoms. The Balaban J connectivity index is 1.74. The zero-order valence-electron chi connectivity index (χ0n) is 11.4. The average molecular weight is 273 g/mol. The molecule has 1 aliphatic heterocycles. The highest BCUT2D eigenvalue weighted by molar-refractivity contribution is 5.72. The molecule has 1 aliphatic rings. The van der Waals surface area contributed by atoms with Gasteiger partial charge in [0.1, 0.15) is 5.76 Å². The number of nitrogens with zero attached hydrogens (tertiary/aromatic N) is 2. The molecule has 2 N–H and O–H groups in total. The Kier molecular flexibility index (Phi) is 3.97. The van der Waals surface area contributed by atoms with Crippen LogP contribution in [-0.2, 0) is 11.2 Å². The molecule has 5 nitrogen and oxygen atoms in total. The van der Waals surface area contributed by atoms with E-state index in [1.807, 2.05) is 18.2 Å². The molecule has 0 radical (unpaired) electrons. The molecule has 5 heteroatoms. The Morgan fingerprint density at radius 2 is 2.25 bits per heavy atom. The predicted molar refractivity (Wildman–Crippen MR) is 76.1 cm³/mol. The van der Waals surface area contributed by atoms with Crippen molar-refractivity contribution < 1.29 is 9.26 Å². The van der Waals surface area contributed by atoms with E-state index in [1.54, 1.807) is 6.20 Å². The first kappa shape index (κ1) is 13.1. The number of hydrogen-bond acceptors (Lipinski definition) is 5. The third-order valence-corrected chi connectivity index (χ3v) is 3.68. The molecule has 0 spiro atoms. The van der Waals surface area contributed by atoms with E-state index in [2.05, 4.69) is 10.1 Å². The molecule has 0 amide bonds. The second-order valence-electron chi connectivity index (χ2n) is 5.11. The predicted octanol–water partition coefficient (Wildman–Crippen LogP) is 2.82. The van der Waals surface area contributed by atoms with Gasteiger partial charge in [-0.05, 0) is 37.8 Å². The number of anilines is 1. The van der Waals surface area contributed by atoms with Crippen molar-refractivity contribution in [2.24, 2.45) is 0 Å². The maximum Gasteiger partial charge on any atom is 0.176 e. The van der Waals surface area contributed by atoms with Crippen LogP contribution in [0.25, 0.3) is 11.3 Å². The van der Waals surface area contributed by atoms with E-state index in [0.717, 1.165) is 42.9 Å². The number of aryl methyl sites for hydroxylation is 1. The maximum atomic E-state index is 5.91. The fraction of sp³-hybridized carbons (Fsp3) is 0.467. The number of aromatic nitrogens is 2. The van der Waals surface area contributed by atoms with Crippen LogP contribution >= 0.6 is 0 Å². The number of ether oxygens (including phenoxy) is 1. The maximum absolute atomic E-state index is 5.91. The molecular formula is C15H19N3O2. The van der Waals surface area contributed by atoms with Crippen LogP contribution in [0.15, 0.2) is 28.9 Å². The van der Waals surface area contributed by atoms with Gasteiger partial charge < -0.3 is 15.0 Å². The molecule has 1 fully saturated rings. The van der Waals surface area contributed by atoms with Crippen molar-refractivity contribution in [3.05, 3.63) is 30.2 Å². The van der Waals surface area contributed by atoms with E-state index in [0.29, 0.717) is 11.9 Å². The summed E-state index contributed by atoms with van der Waals surface area (Å²) in [6, 6.07) is 5.73. The topological polar surface area (TPSA) is 74.2 Å². The molecule has 1 atom stereocenters. The molecule has 1 unspecified atom stereocenters. The summed E-state index contributed by atoms with van der Waals surface area (Å²) in [7, 11) is 0. The van der Waals surface area contributed by atoms with E-state index >= 15 is 0 Å². The zero-order valence-corrected chi connectivity index (χ0v) is 11.4. The number of rotatable bonds is 4. The highest BCUT2D eigenvalue weighted by Gasteiger charge is 2.20. The van der Waals surface area contributed by atoms with Gasteiger partial charge in [0, 0.05) is 19.2 Å². The number of nitrogens with two attached hydrogens (primary N) is 1. The summed E-state index contributed by atoms with van der Waals surface area (Å²) < 4.78 is 11.1. The average Bonchev–Trinajstić information content (AvgIpc) is 2.88. The van der Waals surface area contributed by atoms with Gasteiger partial charge in [0.25, 0.3) is 0 Å². The third kappa shape index (κ3) is 2.82. The van der Waals surface area contributed by atoms with Crippen molar-refractivity contribution in [3.8, 4) is 11.3 Å². The van der Waals surface area contributed by atoms with E-state index < -0.39 is 0 Å². The summed E-state index contributed by atoms with van der Waals surface area (Å²) in [6.07, 6.45) is 7.33. The smallest absolute Gasteiger partial charge is 0.176 e. The molecule has 0 aliphatic carbocycles. The second kappa shape index (κ2) is 6.05. The third-order valence-electron chi connectivity index (χ3n) is 3.68. The molecular weight excluding hydrogens is 254 g/mol. The monoisotopic (exact) mass is 273 g/mol. The minimum absolute atomic E-state index is 0.326. The van der Waals surface area contributed by atoms with Crippen molar-refractivity contribution in [2.75, 3.05) is 12.3 Å². The van der Waals surface area contributed by atoms with E-state index in [1.165, 1.54) is 12.8 Å². The van der Waals surface area contributed by atoms with Crippen LogP contribution < -0.4 is 5.73 Å². The lowest BCUT2D eigenvalue weighted by Gasteiger charge is -2.21. The molecule has 0 saturated carbocycles. The van der Waals surface area contributed by atoms with Crippen LogP contribution in [0.2, 0.25) is 0 Å². The van der Waals surface area contributed by atoms with Gasteiger partial charge in [-0.2, -0.15) is 0 Å². The summed E-state index contributed by atoms with van der Waals surface area (Å²) in [5.41, 5.74) is 7.54. The Bertz CT molecular complexity index is 548. The molecule has 0 aromatic carbocycles. The van der Waals surface area contributed by atoms with Crippen LogP contribution in [0.5, 0.6) is 0 Å². The summed E-state index contributed by atoms with van der Waals surface area (Å²) in [6.45, 7) is 0.871. The summed E-state index contributed by atoms with van der Waals surface area (Å²) >= 11 is 0. The molecule has 0 bridgehead atoms. The fourth-order valence-electron chi connectivity index (χ4n) is 2.62. The normalized spacial score (nSPS) is 19.1. The van der Waals surface area contributed by atoms with Crippen LogP contribution in [0.1, 0.15) is 31.4 Å². The minimum atomic E-state index is 0.326. The molecule has 2 aromatic rings. The Hall–Kier alpha value is -1.88. The molecule has 1 saturated heterocycles. The van der Waals surface area contributed by atoms with Gasteiger partial charge >= 0.3 is 0 Å². The quantitative estimate of drug-likeness (QED) is 0.927. The molecule has 106 valence electrons. The Labute approximate surface area is 118 Å². The van der Waals surface area contributed by atoms with Crippen LogP contribution in [0.4, 0.5) is 5.82 Å². The van der Waals surface area contributed by atoms with E-state index in [-0.39, 0.29) is 0 Å². The minimum Gasteiger partial charge on any atom is -0.380 e. The largest absolute Gasteiger partial charge is 0.380 e. The van der Waals surface area contributed by atoms with Crippen LogP contribution in [0, 0.1) is 0 Å². The van der Waals surface area contributed by atoms with Crippen molar-refractivity contribution in [1.29, 1.82) is 0 Å². The first-order valence-electron chi connectivity index (χ1n) is 7.11. The van der Waals surface area contributed by atoms with Gasteiger partial charge in [-0.1, -0.05) is 11.2 Å². The lowest BCUT2D eigenvalue weighted by atomic mass is 10.0. The second-order valence-corrected chi connectivity index (χ2v) is 5.11. The molecule has 2 aromatic heterocycles. The standard InChI is InChI=1S/C15H19N3O2/c16-15-14(12-6-1-3-9-17-12)13(20-18-15)8-7-11-5-2-4-10-19-11/h1,3,6,9,11H,2,4-5,7-8,10H2,(H2,16,18). The van der Waals surface area contributed by atoms with Gasteiger partial charge in [-0.15, -0.1) is 0 Å². The molecule has 3 heterocycles. The highest BCUT2D eigenvalue weighted by atomic mass is 16.5. The number of pyridine rings is 1. The molecule has 3 rings (SSSR count). The van der Waals surface area contributed by atoms with Crippen molar-refractivity contribution in [2.45, 2.75) is 38.2 Å². The fourth-order valence-corrected chi connectivity index (χ4v) is 2.62. The van der Waals surface area contributed by atoms with Gasteiger partial charge in [0.15, 0.2) is 5.82 Å². The summed E-state index contributed by atoms with van der Waals surface area (Å²) in [4.78, 5) is 4.33. The lowest BCUT2D eigenvalue weighted by molar-refractivity contribution is 0.0106. The lowest BCUT2D eigenvalue weighted by Crippen LogP contribution is -2.19. The SMILES string of the molecule is Nc1noc(CCC2CCCCO2)c1-c1ccccn1. The first-order valence-corrected chi connectivity index (χ1v) is 7.11. The Morgan fingerprint density at radius 1 is 1.30 bits per heavy atom. The van der Waals surface area contributed by atoms with Gasteiger partial charge in [0.05, 0.1) is 17.4 Å². The van der Waals surface area contributed by atoms with Gasteiger partial charge in [0.2, 0.25) is 0 Å². The Morgan fingerprint density at radius 3 is 3.00 bits per heavy atom. The van der Waals surface area contributed by atoms with Gasteiger partial charge in [-0.3, -0.25) is 4.98 Å². The summed E-state index contributed by atoms with van der Waals surface area (Å²) in [5, 5.41) is 3.88. The first-order chi connectivity index (χ1) is 9.84. The van der Waals surface area contributed by atoms with E-state index in [4.69, 9.17) is 15.0 Å². The van der Waals surface area contributed by atoms with Gasteiger partial charge in [-0.25, -0.2) is 0 Å². The van der Waals surface area contributed by atoms with Crippen molar-refractivity contribution in [3.63, 3.8) is 0 Å². The van der Waals surface area contributed by atoms with Crippen LogP contribution in [-0.4, -0.2) is 22.9 Å². The number of nitrogen functional groups attached to an aromatic ring is 1. The zero-order chi connectivity index (χ0) is 13.8. The van der Waals surface area contributed by atoms with Crippen LogP contribution in [0.3, 0.4) is 0 Å². The number of hydrogen-bond donors (Lipinski definition) is 1.